The van der Waals surface area contributed by atoms with Gasteiger partial charge in [0.25, 0.3) is 0 Å². The van der Waals surface area contributed by atoms with E-state index in [9.17, 15) is 5.11 Å². The quantitative estimate of drug-likeness (QED) is 0.869. The average Bonchev–Trinajstić information content (AvgIpc) is 2.53. The number of benzene rings is 2. The van der Waals surface area contributed by atoms with Crippen LogP contribution < -0.4 is 5.32 Å². The summed E-state index contributed by atoms with van der Waals surface area (Å²) in [4.78, 5) is 0. The Morgan fingerprint density at radius 1 is 1.10 bits per heavy atom. The van der Waals surface area contributed by atoms with Gasteiger partial charge in [-0.3, -0.25) is 0 Å². The van der Waals surface area contributed by atoms with Crippen LogP contribution in [-0.4, -0.2) is 11.7 Å². The molecule has 0 aromatic heterocycles. The van der Waals surface area contributed by atoms with Crippen molar-refractivity contribution in [3.8, 4) is 6.07 Å². The summed E-state index contributed by atoms with van der Waals surface area (Å²) in [5.41, 5.74) is 2.58. The van der Waals surface area contributed by atoms with Crippen molar-refractivity contribution in [1.29, 1.82) is 5.26 Å². The van der Waals surface area contributed by atoms with Crippen LogP contribution >= 0.6 is 15.9 Å². The van der Waals surface area contributed by atoms with Gasteiger partial charge in [0, 0.05) is 17.1 Å². The standard InChI is InChI=1S/C17H17BrN2O/c1-12(14-6-8-16(18)9-7-14)20-11-17(21)15-4-2-13(10-19)3-5-15/h2-9,12,17,20-21H,11H2,1H3/t12-,17?/m1/s1. The molecular weight excluding hydrogens is 328 g/mol. The van der Waals surface area contributed by atoms with E-state index >= 15 is 0 Å². The summed E-state index contributed by atoms with van der Waals surface area (Å²) in [6.45, 7) is 2.53. The number of rotatable bonds is 5. The van der Waals surface area contributed by atoms with Crippen LogP contribution in [0.3, 0.4) is 0 Å². The first kappa shape index (κ1) is 15.7. The Hall–Kier alpha value is -1.67. The number of nitrogens with zero attached hydrogens (tertiary/aromatic N) is 1. The third-order valence-corrected chi connectivity index (χ3v) is 3.94. The highest BCUT2D eigenvalue weighted by Gasteiger charge is 2.10. The molecule has 2 atom stereocenters. The third kappa shape index (κ3) is 4.40. The minimum atomic E-state index is -0.587. The van der Waals surface area contributed by atoms with E-state index in [0.29, 0.717) is 12.1 Å². The Morgan fingerprint density at radius 3 is 2.24 bits per heavy atom. The Morgan fingerprint density at radius 2 is 1.67 bits per heavy atom. The molecule has 0 radical (unpaired) electrons. The Labute approximate surface area is 133 Å². The maximum absolute atomic E-state index is 10.2. The molecule has 2 rings (SSSR count). The van der Waals surface area contributed by atoms with Gasteiger partial charge in [0.05, 0.1) is 17.7 Å². The summed E-state index contributed by atoms with van der Waals surface area (Å²) in [6, 6.07) is 17.4. The molecule has 0 aliphatic rings. The zero-order chi connectivity index (χ0) is 15.2. The van der Waals surface area contributed by atoms with Gasteiger partial charge in [0.15, 0.2) is 0 Å². The molecular formula is C17H17BrN2O. The molecule has 0 fully saturated rings. The highest BCUT2D eigenvalue weighted by atomic mass is 79.9. The van der Waals surface area contributed by atoms with E-state index in [-0.39, 0.29) is 6.04 Å². The molecule has 0 bridgehead atoms. The summed E-state index contributed by atoms with van der Waals surface area (Å²) in [6.07, 6.45) is -0.587. The summed E-state index contributed by atoms with van der Waals surface area (Å²) in [5, 5.41) is 22.2. The molecule has 21 heavy (non-hydrogen) atoms. The Bertz CT molecular complexity index is 617. The molecule has 4 heteroatoms. The molecule has 3 nitrogen and oxygen atoms in total. The normalized spacial score (nSPS) is 13.4. The van der Waals surface area contributed by atoms with Crippen molar-refractivity contribution < 1.29 is 5.11 Å². The molecule has 0 spiro atoms. The second-order valence-electron chi connectivity index (χ2n) is 4.93. The van der Waals surface area contributed by atoms with Gasteiger partial charge in [-0.05, 0) is 42.3 Å². The van der Waals surface area contributed by atoms with Crippen molar-refractivity contribution in [1.82, 2.24) is 5.32 Å². The van der Waals surface area contributed by atoms with Crippen LogP contribution in [0.25, 0.3) is 0 Å². The number of aliphatic hydroxyl groups is 1. The minimum Gasteiger partial charge on any atom is -0.387 e. The van der Waals surface area contributed by atoms with Crippen molar-refractivity contribution in [2.24, 2.45) is 0 Å². The van der Waals surface area contributed by atoms with Gasteiger partial charge in [-0.1, -0.05) is 40.2 Å². The fourth-order valence-corrected chi connectivity index (χ4v) is 2.32. The van der Waals surface area contributed by atoms with E-state index in [1.807, 2.05) is 12.1 Å². The van der Waals surface area contributed by atoms with Gasteiger partial charge in [-0.15, -0.1) is 0 Å². The molecule has 0 amide bonds. The van der Waals surface area contributed by atoms with Crippen molar-refractivity contribution in [2.45, 2.75) is 19.1 Å². The number of hydrogen-bond acceptors (Lipinski definition) is 3. The summed E-state index contributed by atoms with van der Waals surface area (Å²) < 4.78 is 1.05. The maximum atomic E-state index is 10.2. The van der Waals surface area contributed by atoms with Crippen LogP contribution in [0.1, 0.15) is 35.8 Å². The molecule has 108 valence electrons. The van der Waals surface area contributed by atoms with E-state index in [2.05, 4.69) is 46.4 Å². The molecule has 2 aromatic rings. The molecule has 0 aliphatic carbocycles. The van der Waals surface area contributed by atoms with Crippen molar-refractivity contribution in [2.75, 3.05) is 6.54 Å². The van der Waals surface area contributed by atoms with Gasteiger partial charge in [0.2, 0.25) is 0 Å². The summed E-state index contributed by atoms with van der Waals surface area (Å²) >= 11 is 3.42. The first-order valence-electron chi connectivity index (χ1n) is 6.77. The molecule has 0 saturated heterocycles. The van der Waals surface area contributed by atoms with Crippen molar-refractivity contribution in [3.63, 3.8) is 0 Å². The van der Waals surface area contributed by atoms with Crippen LogP contribution in [0.4, 0.5) is 0 Å². The molecule has 0 aliphatic heterocycles. The SMILES string of the molecule is C[C@@H](NCC(O)c1ccc(C#N)cc1)c1ccc(Br)cc1. The van der Waals surface area contributed by atoms with Gasteiger partial charge < -0.3 is 10.4 Å². The lowest BCUT2D eigenvalue weighted by Crippen LogP contribution is -2.24. The second kappa shape index (κ2) is 7.37. The average molecular weight is 345 g/mol. The number of hydrogen-bond donors (Lipinski definition) is 2. The van der Waals surface area contributed by atoms with Crippen molar-refractivity contribution >= 4 is 15.9 Å². The molecule has 0 saturated carbocycles. The lowest BCUT2D eigenvalue weighted by Gasteiger charge is -2.18. The van der Waals surface area contributed by atoms with Gasteiger partial charge >= 0.3 is 0 Å². The fourth-order valence-electron chi connectivity index (χ4n) is 2.06. The predicted molar refractivity (Wildman–Crippen MR) is 86.7 cm³/mol. The Kier molecular flexibility index (Phi) is 5.51. The van der Waals surface area contributed by atoms with Gasteiger partial charge in [-0.25, -0.2) is 0 Å². The van der Waals surface area contributed by atoms with Crippen LogP contribution in [0, 0.1) is 11.3 Å². The number of nitrogens with one attached hydrogen (secondary N) is 1. The lowest BCUT2D eigenvalue weighted by atomic mass is 10.1. The van der Waals surface area contributed by atoms with Gasteiger partial charge in [-0.2, -0.15) is 5.26 Å². The van der Waals surface area contributed by atoms with Crippen LogP contribution in [-0.2, 0) is 0 Å². The van der Waals surface area contributed by atoms with Crippen LogP contribution in [0.5, 0.6) is 0 Å². The van der Waals surface area contributed by atoms with E-state index in [1.165, 1.54) is 5.56 Å². The number of aliphatic hydroxyl groups excluding tert-OH is 1. The minimum absolute atomic E-state index is 0.158. The second-order valence-corrected chi connectivity index (χ2v) is 5.85. The highest BCUT2D eigenvalue weighted by molar-refractivity contribution is 9.10. The van der Waals surface area contributed by atoms with E-state index in [4.69, 9.17) is 5.26 Å². The monoisotopic (exact) mass is 344 g/mol. The molecule has 2 aromatic carbocycles. The van der Waals surface area contributed by atoms with Crippen LogP contribution in [0.2, 0.25) is 0 Å². The fraction of sp³-hybridized carbons (Fsp3) is 0.235. The summed E-state index contributed by atoms with van der Waals surface area (Å²) in [5.74, 6) is 0. The largest absolute Gasteiger partial charge is 0.387 e. The number of halogens is 1. The Balaban J connectivity index is 1.92. The van der Waals surface area contributed by atoms with Crippen molar-refractivity contribution in [3.05, 3.63) is 69.7 Å². The smallest absolute Gasteiger partial charge is 0.0991 e. The zero-order valence-corrected chi connectivity index (χ0v) is 13.3. The highest BCUT2D eigenvalue weighted by Crippen LogP contribution is 2.18. The van der Waals surface area contributed by atoms with E-state index < -0.39 is 6.10 Å². The van der Waals surface area contributed by atoms with Gasteiger partial charge in [0.1, 0.15) is 0 Å². The van der Waals surface area contributed by atoms with E-state index in [1.54, 1.807) is 24.3 Å². The molecule has 1 unspecified atom stereocenters. The first-order chi connectivity index (χ1) is 10.1. The van der Waals surface area contributed by atoms with Crippen LogP contribution in [0.15, 0.2) is 53.0 Å². The zero-order valence-electron chi connectivity index (χ0n) is 11.8. The maximum Gasteiger partial charge on any atom is 0.0991 e. The lowest BCUT2D eigenvalue weighted by molar-refractivity contribution is 0.171. The molecule has 0 heterocycles. The predicted octanol–water partition coefficient (Wildman–Crippen LogP) is 3.70. The molecule has 2 N–H and O–H groups in total. The summed E-state index contributed by atoms with van der Waals surface area (Å²) in [7, 11) is 0. The number of nitriles is 1. The topological polar surface area (TPSA) is 56.0 Å². The van der Waals surface area contributed by atoms with E-state index in [0.717, 1.165) is 10.0 Å². The third-order valence-electron chi connectivity index (χ3n) is 3.41. The first-order valence-corrected chi connectivity index (χ1v) is 7.56.